The van der Waals surface area contributed by atoms with E-state index in [1.807, 2.05) is 0 Å². The Labute approximate surface area is 175 Å². The summed E-state index contributed by atoms with van der Waals surface area (Å²) in [5.41, 5.74) is -8.63. The third-order valence-electron chi connectivity index (χ3n) is 4.29. The van der Waals surface area contributed by atoms with E-state index in [1.54, 1.807) is 0 Å². The van der Waals surface area contributed by atoms with Crippen LogP contribution >= 0.6 is 7.92 Å². The minimum absolute atomic E-state index is 0.0905. The van der Waals surface area contributed by atoms with Gasteiger partial charge in [-0.1, -0.05) is 37.6 Å². The van der Waals surface area contributed by atoms with Gasteiger partial charge in [-0.25, -0.2) is 0 Å². The number of alkyl halides is 12. The van der Waals surface area contributed by atoms with Gasteiger partial charge in [0.2, 0.25) is 0 Å². The maximum atomic E-state index is 13.7. The molecule has 0 aromatic heterocycles. The topological polar surface area (TPSA) is 0 Å². The zero-order valence-electron chi connectivity index (χ0n) is 15.9. The Bertz CT molecular complexity index is 875. The first kappa shape index (κ1) is 26.3. The number of rotatable bonds is 4. The van der Waals surface area contributed by atoms with E-state index in [4.69, 9.17) is 0 Å². The Morgan fingerprint density at radius 2 is 0.906 bits per heavy atom. The van der Waals surface area contributed by atoms with Gasteiger partial charge in [0, 0.05) is 0 Å². The van der Waals surface area contributed by atoms with Gasteiger partial charge in [0.1, 0.15) is 0 Å². The lowest BCUT2D eigenvalue weighted by Crippen LogP contribution is -2.32. The van der Waals surface area contributed by atoms with Crippen LogP contribution in [-0.2, 0) is 24.7 Å². The number of halogens is 12. The highest BCUT2D eigenvalue weighted by molar-refractivity contribution is 7.73. The molecule has 0 spiro atoms. The Hall–Kier alpha value is -1.97. The van der Waals surface area contributed by atoms with Crippen molar-refractivity contribution in [1.82, 2.24) is 0 Å². The van der Waals surface area contributed by atoms with Crippen LogP contribution in [0.25, 0.3) is 0 Å². The molecule has 0 bridgehead atoms. The van der Waals surface area contributed by atoms with E-state index in [0.717, 1.165) is 0 Å². The summed E-state index contributed by atoms with van der Waals surface area (Å²) in [6, 6.07) is 2.61. The van der Waals surface area contributed by atoms with Gasteiger partial charge in [-0.05, 0) is 36.8 Å². The molecule has 0 unspecified atom stereocenters. The number of hydrogen-bond acceptors (Lipinski definition) is 0. The molecule has 0 aliphatic carbocycles. The number of hydrogen-bond donors (Lipinski definition) is 0. The molecule has 0 fully saturated rings. The highest BCUT2D eigenvalue weighted by Gasteiger charge is 2.48. The Kier molecular flexibility index (Phi) is 7.19. The first-order valence-corrected chi connectivity index (χ1v) is 10.3. The van der Waals surface area contributed by atoms with Crippen LogP contribution in [0.4, 0.5) is 52.7 Å². The minimum atomic E-state index is -5.62. The van der Waals surface area contributed by atoms with Crippen molar-refractivity contribution in [2.45, 2.75) is 38.0 Å². The SMILES string of the molecule is CCCP(c1cccc(C(F)(F)F)c1C(F)(F)F)c1cccc(C(F)(F)F)c1C(F)(F)F. The predicted octanol–water partition coefficient (Wildman–Crippen LogP) is 7.60. The molecule has 2 aromatic carbocycles. The second kappa shape index (κ2) is 8.76. The first-order chi connectivity index (χ1) is 14.4. The van der Waals surface area contributed by atoms with E-state index in [1.165, 1.54) is 6.92 Å². The molecule has 13 heteroatoms. The van der Waals surface area contributed by atoms with Gasteiger partial charge in [0.05, 0.1) is 22.3 Å². The van der Waals surface area contributed by atoms with E-state index in [0.29, 0.717) is 24.3 Å². The maximum Gasteiger partial charge on any atom is 0.417 e. The average Bonchev–Trinajstić information content (AvgIpc) is 2.62. The maximum absolute atomic E-state index is 13.7. The summed E-state index contributed by atoms with van der Waals surface area (Å²) in [5.74, 6) is 0. The molecule has 0 N–H and O–H groups in total. The van der Waals surface area contributed by atoms with Crippen LogP contribution in [-0.4, -0.2) is 6.16 Å². The fourth-order valence-electron chi connectivity index (χ4n) is 3.19. The molecule has 32 heavy (non-hydrogen) atoms. The largest absolute Gasteiger partial charge is 0.417 e. The molecule has 178 valence electrons. The van der Waals surface area contributed by atoms with E-state index in [2.05, 4.69) is 0 Å². The van der Waals surface area contributed by atoms with Gasteiger partial charge < -0.3 is 0 Å². The van der Waals surface area contributed by atoms with E-state index < -0.39 is 71.7 Å². The van der Waals surface area contributed by atoms with E-state index >= 15 is 0 Å². The molecule has 0 nitrogen and oxygen atoms in total. The highest BCUT2D eigenvalue weighted by Crippen LogP contribution is 2.49. The molecule has 0 atom stereocenters. The summed E-state index contributed by atoms with van der Waals surface area (Å²) in [7, 11) is -2.89. The zero-order chi connectivity index (χ0) is 24.7. The quantitative estimate of drug-likeness (QED) is 0.300. The predicted molar refractivity (Wildman–Crippen MR) is 94.2 cm³/mol. The normalized spacial score (nSPS) is 13.7. The molecular formula is C19H13F12P. The summed E-state index contributed by atoms with van der Waals surface area (Å²) in [6.07, 6.45) is -22.8. The van der Waals surface area contributed by atoms with Crippen molar-refractivity contribution in [3.63, 3.8) is 0 Å². The van der Waals surface area contributed by atoms with Crippen LogP contribution in [0.2, 0.25) is 0 Å². The molecule has 0 aliphatic heterocycles. The second-order valence-corrected chi connectivity index (χ2v) is 8.81. The standard InChI is InChI=1S/C19H13F12P/c1-2-9-32(12-7-3-5-10(16(20,21)22)14(12)18(26,27)28)13-8-4-6-11(17(23,24)25)15(13)19(29,30)31/h3-8H,2,9H2,1H3. The Balaban J connectivity index is 2.98. The van der Waals surface area contributed by atoms with E-state index in [-0.39, 0.29) is 18.6 Å². The summed E-state index contributed by atoms with van der Waals surface area (Å²) >= 11 is 0. The van der Waals surface area contributed by atoms with Crippen molar-refractivity contribution < 1.29 is 52.7 Å². The lowest BCUT2D eigenvalue weighted by atomic mass is 10.1. The van der Waals surface area contributed by atoms with Crippen LogP contribution < -0.4 is 10.6 Å². The molecular weight excluding hydrogens is 487 g/mol. The second-order valence-electron chi connectivity index (χ2n) is 6.54. The van der Waals surface area contributed by atoms with Crippen molar-refractivity contribution in [3.8, 4) is 0 Å². The minimum Gasteiger partial charge on any atom is -0.166 e. The molecule has 0 amide bonds. The van der Waals surface area contributed by atoms with Gasteiger partial charge in [-0.2, -0.15) is 52.7 Å². The van der Waals surface area contributed by atoms with Gasteiger partial charge in [0.25, 0.3) is 0 Å². The average molecular weight is 500 g/mol. The molecule has 0 radical (unpaired) electrons. The third-order valence-corrected chi connectivity index (χ3v) is 7.09. The van der Waals surface area contributed by atoms with E-state index in [9.17, 15) is 52.7 Å². The fourth-order valence-corrected chi connectivity index (χ4v) is 5.95. The lowest BCUT2D eigenvalue weighted by molar-refractivity contribution is -0.161. The summed E-state index contributed by atoms with van der Waals surface area (Å²) in [5, 5.41) is -2.23. The van der Waals surface area contributed by atoms with Crippen LogP contribution in [0.5, 0.6) is 0 Å². The number of benzene rings is 2. The van der Waals surface area contributed by atoms with Crippen LogP contribution in [0, 0.1) is 0 Å². The van der Waals surface area contributed by atoms with Gasteiger partial charge >= 0.3 is 24.7 Å². The van der Waals surface area contributed by atoms with Gasteiger partial charge in [0.15, 0.2) is 0 Å². The van der Waals surface area contributed by atoms with Gasteiger partial charge in [-0.15, -0.1) is 0 Å². The molecule has 2 aromatic rings. The van der Waals surface area contributed by atoms with Gasteiger partial charge in [-0.3, -0.25) is 0 Å². The fraction of sp³-hybridized carbons (Fsp3) is 0.368. The van der Waals surface area contributed by atoms with Crippen molar-refractivity contribution in [1.29, 1.82) is 0 Å². The summed E-state index contributed by atoms with van der Waals surface area (Å²) < 4.78 is 162. The van der Waals surface area contributed by atoms with Crippen LogP contribution in [0.15, 0.2) is 36.4 Å². The molecule has 2 rings (SSSR count). The van der Waals surface area contributed by atoms with Crippen molar-refractivity contribution >= 4 is 18.5 Å². The molecule has 0 aliphatic rings. The van der Waals surface area contributed by atoms with Crippen LogP contribution in [0.3, 0.4) is 0 Å². The Morgan fingerprint density at radius 3 is 1.16 bits per heavy atom. The molecule has 0 heterocycles. The first-order valence-electron chi connectivity index (χ1n) is 8.73. The Morgan fingerprint density at radius 1 is 0.562 bits per heavy atom. The zero-order valence-corrected chi connectivity index (χ0v) is 16.8. The summed E-state index contributed by atoms with van der Waals surface area (Å²) in [4.78, 5) is 0. The molecule has 0 saturated heterocycles. The third kappa shape index (κ3) is 5.50. The highest BCUT2D eigenvalue weighted by atomic mass is 31.1. The monoisotopic (exact) mass is 500 g/mol. The van der Waals surface area contributed by atoms with Crippen molar-refractivity contribution in [2.75, 3.05) is 6.16 Å². The van der Waals surface area contributed by atoms with Crippen LogP contribution in [0.1, 0.15) is 35.6 Å². The van der Waals surface area contributed by atoms with Crippen molar-refractivity contribution in [3.05, 3.63) is 58.7 Å². The lowest BCUT2D eigenvalue weighted by Gasteiger charge is -2.28. The summed E-state index contributed by atoms with van der Waals surface area (Å²) in [6.45, 7) is 1.34. The molecule has 0 saturated carbocycles. The van der Waals surface area contributed by atoms with Crippen molar-refractivity contribution in [2.24, 2.45) is 0 Å². The smallest absolute Gasteiger partial charge is 0.166 e.